The third kappa shape index (κ3) is 2.95. The number of carbonyl (C=O) groups excluding carboxylic acids is 1. The van der Waals surface area contributed by atoms with Crippen LogP contribution < -0.4 is 0 Å². The van der Waals surface area contributed by atoms with Gasteiger partial charge in [0.25, 0.3) is 0 Å². The number of hydrogen-bond donors (Lipinski definition) is 0. The molecule has 1 aromatic heterocycles. The van der Waals surface area contributed by atoms with E-state index in [1.54, 1.807) is 29.2 Å². The number of likely N-dealkylation sites (tertiary alicyclic amines) is 1. The Labute approximate surface area is 162 Å². The molecular formula is C18H20ClN3O4S. The van der Waals surface area contributed by atoms with E-state index in [1.807, 2.05) is 6.92 Å². The number of sulfone groups is 1. The Hall–Kier alpha value is -1.93. The van der Waals surface area contributed by atoms with Crippen LogP contribution in [-0.4, -0.2) is 53.0 Å². The van der Waals surface area contributed by atoms with Crippen molar-refractivity contribution in [3.63, 3.8) is 0 Å². The summed E-state index contributed by atoms with van der Waals surface area (Å²) >= 11 is 5.90. The smallest absolute Gasteiger partial charge is 0.231 e. The van der Waals surface area contributed by atoms with E-state index in [0.29, 0.717) is 29.6 Å². The number of benzene rings is 1. The van der Waals surface area contributed by atoms with Crippen molar-refractivity contribution in [3.05, 3.63) is 35.2 Å². The molecule has 2 aromatic rings. The second-order valence-corrected chi connectivity index (χ2v) is 10.1. The molecule has 1 amide bonds. The molecule has 0 saturated carbocycles. The average Bonchev–Trinajstić information content (AvgIpc) is 3.16. The van der Waals surface area contributed by atoms with Crippen molar-refractivity contribution in [2.75, 3.05) is 18.8 Å². The van der Waals surface area contributed by atoms with Crippen LogP contribution in [0.5, 0.6) is 0 Å². The van der Waals surface area contributed by atoms with Crippen LogP contribution in [0.1, 0.15) is 38.0 Å². The molecule has 3 heterocycles. The Morgan fingerprint density at radius 3 is 2.70 bits per heavy atom. The molecule has 2 fully saturated rings. The van der Waals surface area contributed by atoms with Gasteiger partial charge in [-0.05, 0) is 37.1 Å². The number of aromatic nitrogens is 2. The van der Waals surface area contributed by atoms with Gasteiger partial charge < -0.3 is 9.42 Å². The molecule has 0 N–H and O–H groups in total. The second kappa shape index (κ2) is 6.60. The van der Waals surface area contributed by atoms with Crippen LogP contribution >= 0.6 is 11.6 Å². The van der Waals surface area contributed by atoms with Gasteiger partial charge in [-0.3, -0.25) is 4.79 Å². The van der Waals surface area contributed by atoms with Gasteiger partial charge in [0.15, 0.2) is 9.84 Å². The molecule has 144 valence electrons. The first kappa shape index (κ1) is 18.4. The van der Waals surface area contributed by atoms with Gasteiger partial charge in [-0.1, -0.05) is 23.7 Å². The van der Waals surface area contributed by atoms with Crippen LogP contribution in [0.4, 0.5) is 0 Å². The quantitative estimate of drug-likeness (QED) is 0.770. The minimum absolute atomic E-state index is 0.00337. The number of amides is 1. The van der Waals surface area contributed by atoms with Crippen molar-refractivity contribution in [1.29, 1.82) is 0 Å². The Morgan fingerprint density at radius 2 is 2.04 bits per heavy atom. The van der Waals surface area contributed by atoms with Crippen LogP contribution in [0.2, 0.25) is 5.02 Å². The normalized spacial score (nSPS) is 22.7. The standard InChI is InChI=1S/C18H20ClN3O4S/c1-2-3-15(23)22-10-18(11-22)14(8-9-27(18,24)25)17-20-16(21-26-17)12-4-6-13(19)7-5-12/h4-7,14H,2-3,8-11H2,1H3. The topological polar surface area (TPSA) is 93.4 Å². The van der Waals surface area contributed by atoms with E-state index >= 15 is 0 Å². The van der Waals surface area contributed by atoms with E-state index in [2.05, 4.69) is 10.1 Å². The van der Waals surface area contributed by atoms with Gasteiger partial charge in [0.05, 0.1) is 11.7 Å². The predicted molar refractivity (Wildman–Crippen MR) is 100 cm³/mol. The second-order valence-electron chi connectivity index (χ2n) is 7.19. The van der Waals surface area contributed by atoms with E-state index in [1.165, 1.54) is 0 Å². The highest BCUT2D eigenvalue weighted by atomic mass is 35.5. The maximum absolute atomic E-state index is 12.7. The van der Waals surface area contributed by atoms with E-state index in [4.69, 9.17) is 16.1 Å². The Morgan fingerprint density at radius 1 is 1.33 bits per heavy atom. The summed E-state index contributed by atoms with van der Waals surface area (Å²) in [5.41, 5.74) is 0.748. The molecule has 1 spiro atoms. The molecule has 4 rings (SSSR count). The summed E-state index contributed by atoms with van der Waals surface area (Å²) in [5, 5.41) is 4.62. The maximum Gasteiger partial charge on any atom is 0.231 e. The summed E-state index contributed by atoms with van der Waals surface area (Å²) in [5.74, 6) is 0.410. The van der Waals surface area contributed by atoms with E-state index in [-0.39, 0.29) is 30.7 Å². The van der Waals surface area contributed by atoms with E-state index in [9.17, 15) is 13.2 Å². The first-order valence-electron chi connectivity index (χ1n) is 8.96. The molecule has 0 aliphatic carbocycles. The summed E-state index contributed by atoms with van der Waals surface area (Å²) in [4.78, 5) is 18.2. The van der Waals surface area contributed by atoms with Gasteiger partial charge in [-0.15, -0.1) is 0 Å². The van der Waals surface area contributed by atoms with Crippen molar-refractivity contribution in [1.82, 2.24) is 15.0 Å². The predicted octanol–water partition coefficient (Wildman–Crippen LogP) is 2.67. The fraction of sp³-hybridized carbons (Fsp3) is 0.500. The lowest BCUT2D eigenvalue weighted by Crippen LogP contribution is -2.67. The number of carbonyl (C=O) groups is 1. The molecule has 0 bridgehead atoms. The monoisotopic (exact) mass is 409 g/mol. The molecule has 2 aliphatic heterocycles. The molecule has 9 heteroatoms. The van der Waals surface area contributed by atoms with Gasteiger partial charge in [0, 0.05) is 30.1 Å². The highest BCUT2D eigenvalue weighted by Crippen LogP contribution is 2.49. The van der Waals surface area contributed by atoms with Crippen molar-refractivity contribution in [2.45, 2.75) is 36.9 Å². The molecule has 2 aliphatic rings. The van der Waals surface area contributed by atoms with Gasteiger partial charge >= 0.3 is 0 Å². The fourth-order valence-corrected chi connectivity index (χ4v) is 6.40. The third-order valence-corrected chi connectivity index (χ3v) is 8.31. The van der Waals surface area contributed by atoms with Crippen LogP contribution in [0, 0.1) is 0 Å². The molecule has 1 atom stereocenters. The number of halogens is 1. The molecule has 0 radical (unpaired) electrons. The van der Waals surface area contributed by atoms with E-state index < -0.39 is 14.6 Å². The van der Waals surface area contributed by atoms with Gasteiger partial charge in [-0.25, -0.2) is 8.42 Å². The number of hydrogen-bond acceptors (Lipinski definition) is 6. The minimum Gasteiger partial charge on any atom is -0.339 e. The van der Waals surface area contributed by atoms with Crippen LogP contribution in [0.3, 0.4) is 0 Å². The largest absolute Gasteiger partial charge is 0.339 e. The highest BCUT2D eigenvalue weighted by molar-refractivity contribution is 7.93. The lowest BCUT2D eigenvalue weighted by Gasteiger charge is -2.49. The summed E-state index contributed by atoms with van der Waals surface area (Å²) in [7, 11) is -3.33. The van der Waals surface area contributed by atoms with Gasteiger partial charge in [-0.2, -0.15) is 4.98 Å². The molecule has 2 saturated heterocycles. The average molecular weight is 410 g/mol. The first-order chi connectivity index (χ1) is 12.9. The fourth-order valence-electron chi connectivity index (χ4n) is 3.96. The summed E-state index contributed by atoms with van der Waals surface area (Å²) in [6, 6.07) is 7.04. The molecule has 27 heavy (non-hydrogen) atoms. The lowest BCUT2D eigenvalue weighted by molar-refractivity contribution is -0.136. The Balaban J connectivity index is 1.60. The summed E-state index contributed by atoms with van der Waals surface area (Å²) in [6.07, 6.45) is 1.61. The SMILES string of the molecule is CCCC(=O)N1CC2(C1)C(c1nc(-c3ccc(Cl)cc3)no1)CCS2(=O)=O. The molecule has 1 unspecified atom stereocenters. The van der Waals surface area contributed by atoms with Crippen molar-refractivity contribution in [3.8, 4) is 11.4 Å². The van der Waals surface area contributed by atoms with Crippen LogP contribution in [0.25, 0.3) is 11.4 Å². The Kier molecular flexibility index (Phi) is 4.50. The number of rotatable bonds is 4. The molecule has 7 nitrogen and oxygen atoms in total. The summed E-state index contributed by atoms with van der Waals surface area (Å²) < 4.78 is 29.9. The van der Waals surface area contributed by atoms with Crippen LogP contribution in [-0.2, 0) is 14.6 Å². The zero-order valence-electron chi connectivity index (χ0n) is 14.9. The van der Waals surface area contributed by atoms with Crippen molar-refractivity contribution < 1.29 is 17.7 Å². The summed E-state index contributed by atoms with van der Waals surface area (Å²) in [6.45, 7) is 2.34. The van der Waals surface area contributed by atoms with E-state index in [0.717, 1.165) is 12.0 Å². The zero-order chi connectivity index (χ0) is 19.2. The maximum atomic E-state index is 12.7. The molecular weight excluding hydrogens is 390 g/mol. The zero-order valence-corrected chi connectivity index (χ0v) is 16.5. The highest BCUT2D eigenvalue weighted by Gasteiger charge is 2.64. The third-order valence-electron chi connectivity index (χ3n) is 5.51. The number of nitrogens with zero attached hydrogens (tertiary/aromatic N) is 3. The minimum atomic E-state index is -3.33. The van der Waals surface area contributed by atoms with Crippen molar-refractivity contribution in [2.24, 2.45) is 0 Å². The van der Waals surface area contributed by atoms with Gasteiger partial charge in [0.1, 0.15) is 4.75 Å². The lowest BCUT2D eigenvalue weighted by atomic mass is 9.83. The molecule has 1 aromatic carbocycles. The Bertz CT molecular complexity index is 965. The first-order valence-corrected chi connectivity index (χ1v) is 11.0. The van der Waals surface area contributed by atoms with Gasteiger partial charge in [0.2, 0.25) is 17.6 Å². The van der Waals surface area contributed by atoms with Crippen molar-refractivity contribution >= 4 is 27.3 Å². The van der Waals surface area contributed by atoms with Crippen LogP contribution in [0.15, 0.2) is 28.8 Å².